The lowest BCUT2D eigenvalue weighted by Gasteiger charge is -2.22. The summed E-state index contributed by atoms with van der Waals surface area (Å²) in [5.41, 5.74) is 0. The molecule has 1 unspecified atom stereocenters. The van der Waals surface area contributed by atoms with Gasteiger partial charge in [-0.15, -0.1) is 0 Å². The molecule has 0 aliphatic rings. The molecule has 0 saturated heterocycles. The summed E-state index contributed by atoms with van der Waals surface area (Å²) in [4.78, 5) is 12.8. The minimum Gasteiger partial charge on any atom is -0.343 e. The molecule has 0 aromatic heterocycles. The van der Waals surface area contributed by atoms with E-state index in [0.717, 1.165) is 19.5 Å². The van der Waals surface area contributed by atoms with Gasteiger partial charge in [0, 0.05) is 20.0 Å². The van der Waals surface area contributed by atoms with E-state index >= 15 is 0 Å². The fraction of sp³-hybridized carbons (Fsp3) is 0.909. The number of amides is 1. The Morgan fingerprint density at radius 1 is 1.31 bits per heavy atom. The van der Waals surface area contributed by atoms with Crippen molar-refractivity contribution < 1.29 is 4.79 Å². The zero-order valence-electron chi connectivity index (χ0n) is 10.1. The molecule has 1 atom stereocenters. The molecule has 0 spiro atoms. The Morgan fingerprint density at radius 3 is 2.00 bits per heavy atom. The van der Waals surface area contributed by atoms with E-state index in [1.54, 1.807) is 6.92 Å². The highest BCUT2D eigenvalue weighted by Gasteiger charge is 2.08. The Balaban J connectivity index is 0. The number of hydrogen-bond acceptors (Lipinski definition) is 1. The Kier molecular flexibility index (Phi) is 11.0. The molecule has 0 bridgehead atoms. The standard InChI is InChI=1S/C9H19NO.C2H6/c1-5-8(3)7-10(6-2)9(4)11;1-2/h8H,5-7H2,1-4H3;1-2H3. The van der Waals surface area contributed by atoms with Crippen molar-refractivity contribution in [1.82, 2.24) is 4.90 Å². The van der Waals surface area contributed by atoms with Crippen molar-refractivity contribution in [3.8, 4) is 0 Å². The third-order valence-electron chi connectivity index (χ3n) is 2.06. The number of carbonyl (C=O) groups is 1. The normalized spacial score (nSPS) is 11.2. The van der Waals surface area contributed by atoms with E-state index < -0.39 is 0 Å². The van der Waals surface area contributed by atoms with Gasteiger partial charge in [-0.3, -0.25) is 4.79 Å². The maximum atomic E-state index is 11.0. The average molecular weight is 187 g/mol. The van der Waals surface area contributed by atoms with Crippen LogP contribution in [-0.4, -0.2) is 23.9 Å². The van der Waals surface area contributed by atoms with Gasteiger partial charge in [0.05, 0.1) is 0 Å². The highest BCUT2D eigenvalue weighted by Crippen LogP contribution is 2.03. The molecule has 2 nitrogen and oxygen atoms in total. The maximum Gasteiger partial charge on any atom is 0.219 e. The number of carbonyl (C=O) groups excluding carboxylic acids is 1. The third kappa shape index (κ3) is 7.82. The summed E-state index contributed by atoms with van der Waals surface area (Å²) >= 11 is 0. The van der Waals surface area contributed by atoms with Gasteiger partial charge >= 0.3 is 0 Å². The third-order valence-corrected chi connectivity index (χ3v) is 2.06. The minimum absolute atomic E-state index is 0.188. The first-order chi connectivity index (χ1) is 6.11. The molecule has 80 valence electrons. The number of nitrogens with zero attached hydrogens (tertiary/aromatic N) is 1. The van der Waals surface area contributed by atoms with Crippen LogP contribution in [0.1, 0.15) is 48.0 Å². The topological polar surface area (TPSA) is 20.3 Å². The molecule has 13 heavy (non-hydrogen) atoms. The van der Waals surface area contributed by atoms with Gasteiger partial charge in [-0.1, -0.05) is 34.1 Å². The van der Waals surface area contributed by atoms with Crippen molar-refractivity contribution in [2.24, 2.45) is 5.92 Å². The predicted molar refractivity (Wildman–Crippen MR) is 58.7 cm³/mol. The monoisotopic (exact) mass is 187 g/mol. The fourth-order valence-electron chi connectivity index (χ4n) is 0.986. The summed E-state index contributed by atoms with van der Waals surface area (Å²) in [5, 5.41) is 0. The van der Waals surface area contributed by atoms with Crippen LogP contribution in [0.3, 0.4) is 0 Å². The van der Waals surface area contributed by atoms with Crippen molar-refractivity contribution in [2.45, 2.75) is 48.0 Å². The molecule has 0 saturated carbocycles. The van der Waals surface area contributed by atoms with Gasteiger partial charge in [0.25, 0.3) is 0 Å². The van der Waals surface area contributed by atoms with E-state index in [-0.39, 0.29) is 5.91 Å². The lowest BCUT2D eigenvalue weighted by molar-refractivity contribution is -0.129. The summed E-state index contributed by atoms with van der Waals surface area (Å²) in [5.74, 6) is 0.812. The van der Waals surface area contributed by atoms with E-state index in [9.17, 15) is 4.79 Å². The van der Waals surface area contributed by atoms with Gasteiger partial charge in [-0.25, -0.2) is 0 Å². The molecule has 1 amide bonds. The largest absolute Gasteiger partial charge is 0.343 e. The van der Waals surface area contributed by atoms with E-state index in [1.165, 1.54) is 0 Å². The summed E-state index contributed by atoms with van der Waals surface area (Å²) < 4.78 is 0. The molecule has 0 aromatic rings. The Morgan fingerprint density at radius 2 is 1.77 bits per heavy atom. The van der Waals surface area contributed by atoms with E-state index in [4.69, 9.17) is 0 Å². The first-order valence-electron chi connectivity index (χ1n) is 5.37. The summed E-state index contributed by atoms with van der Waals surface area (Å²) in [6.45, 7) is 13.7. The van der Waals surface area contributed by atoms with E-state index in [1.807, 2.05) is 25.7 Å². The molecule has 0 N–H and O–H groups in total. The Bertz CT molecular complexity index is 123. The van der Waals surface area contributed by atoms with Crippen molar-refractivity contribution in [3.05, 3.63) is 0 Å². The minimum atomic E-state index is 0.188. The first-order valence-corrected chi connectivity index (χ1v) is 5.37. The number of hydrogen-bond donors (Lipinski definition) is 0. The molecular formula is C11H25NO. The summed E-state index contributed by atoms with van der Waals surface area (Å²) in [6.07, 6.45) is 1.14. The van der Waals surface area contributed by atoms with Crippen LogP contribution < -0.4 is 0 Å². The maximum absolute atomic E-state index is 11.0. The lowest BCUT2D eigenvalue weighted by Crippen LogP contribution is -2.32. The molecule has 0 rings (SSSR count). The van der Waals surface area contributed by atoms with Crippen molar-refractivity contribution >= 4 is 5.91 Å². The lowest BCUT2D eigenvalue weighted by atomic mass is 10.1. The molecule has 2 heteroatoms. The summed E-state index contributed by atoms with van der Waals surface area (Å²) in [6, 6.07) is 0. The van der Waals surface area contributed by atoms with Crippen LogP contribution in [-0.2, 0) is 4.79 Å². The van der Waals surface area contributed by atoms with Crippen LogP contribution in [0.4, 0.5) is 0 Å². The van der Waals surface area contributed by atoms with Crippen LogP contribution >= 0.6 is 0 Å². The van der Waals surface area contributed by atoms with Gasteiger partial charge in [0.2, 0.25) is 5.91 Å². The Labute approximate surface area is 83.3 Å². The molecular weight excluding hydrogens is 162 g/mol. The molecule has 0 fully saturated rings. The van der Waals surface area contributed by atoms with E-state index in [2.05, 4.69) is 13.8 Å². The Hall–Kier alpha value is -0.530. The smallest absolute Gasteiger partial charge is 0.219 e. The van der Waals surface area contributed by atoms with Crippen LogP contribution in [0, 0.1) is 5.92 Å². The van der Waals surface area contributed by atoms with Gasteiger partial charge in [0.1, 0.15) is 0 Å². The van der Waals surface area contributed by atoms with Gasteiger partial charge in [0.15, 0.2) is 0 Å². The molecule has 0 aliphatic carbocycles. The van der Waals surface area contributed by atoms with Crippen molar-refractivity contribution in [1.29, 1.82) is 0 Å². The molecule has 0 aliphatic heterocycles. The first kappa shape index (κ1) is 15.0. The molecule has 0 heterocycles. The second-order valence-corrected chi connectivity index (χ2v) is 3.07. The molecule has 0 aromatic carbocycles. The predicted octanol–water partition coefficient (Wildman–Crippen LogP) is 2.93. The number of rotatable bonds is 4. The van der Waals surface area contributed by atoms with Crippen LogP contribution in [0.2, 0.25) is 0 Å². The van der Waals surface area contributed by atoms with E-state index in [0.29, 0.717) is 5.92 Å². The summed E-state index contributed by atoms with van der Waals surface area (Å²) in [7, 11) is 0. The van der Waals surface area contributed by atoms with Gasteiger partial charge < -0.3 is 4.90 Å². The second-order valence-electron chi connectivity index (χ2n) is 3.07. The van der Waals surface area contributed by atoms with Crippen molar-refractivity contribution in [2.75, 3.05) is 13.1 Å². The van der Waals surface area contributed by atoms with Gasteiger partial charge in [-0.05, 0) is 12.8 Å². The fourth-order valence-corrected chi connectivity index (χ4v) is 0.986. The van der Waals surface area contributed by atoms with Crippen molar-refractivity contribution in [3.63, 3.8) is 0 Å². The SMILES string of the molecule is CC.CCC(C)CN(CC)C(C)=O. The van der Waals surface area contributed by atoms with Crippen LogP contribution in [0.5, 0.6) is 0 Å². The zero-order chi connectivity index (χ0) is 10.9. The zero-order valence-corrected chi connectivity index (χ0v) is 10.1. The van der Waals surface area contributed by atoms with Gasteiger partial charge in [-0.2, -0.15) is 0 Å². The van der Waals surface area contributed by atoms with Crippen LogP contribution in [0.15, 0.2) is 0 Å². The van der Waals surface area contributed by atoms with Crippen LogP contribution in [0.25, 0.3) is 0 Å². The highest BCUT2D eigenvalue weighted by atomic mass is 16.2. The molecule has 0 radical (unpaired) electrons. The average Bonchev–Trinajstić information content (AvgIpc) is 2.16. The highest BCUT2D eigenvalue weighted by molar-refractivity contribution is 5.73. The quantitative estimate of drug-likeness (QED) is 0.662. The second kappa shape index (κ2) is 9.56.